The van der Waals surface area contributed by atoms with Gasteiger partial charge in [-0.15, -0.1) is 0 Å². The van der Waals surface area contributed by atoms with Crippen LogP contribution in [0, 0.1) is 0 Å². The lowest BCUT2D eigenvalue weighted by molar-refractivity contribution is 0.185. The number of pyridine rings is 1. The summed E-state index contributed by atoms with van der Waals surface area (Å²) in [4.78, 5) is 4.25. The minimum absolute atomic E-state index is 0.551. The van der Waals surface area contributed by atoms with Crippen LogP contribution >= 0.6 is 15.9 Å². The highest BCUT2D eigenvalue weighted by Gasteiger charge is 2.06. The molecule has 0 saturated carbocycles. The lowest BCUT2D eigenvalue weighted by Crippen LogP contribution is -2.00. The molecular formula is C13H14BrN3O. The Morgan fingerprint density at radius 3 is 2.89 bits per heavy atom. The monoisotopic (exact) mass is 307 g/mol. The Labute approximate surface area is 114 Å². The quantitative estimate of drug-likeness (QED) is 0.909. The number of hydrogen-bond acceptors (Lipinski definition) is 4. The Hall–Kier alpha value is -1.59. The maximum atomic E-state index is 5.66. The Bertz CT molecular complexity index is 546. The van der Waals surface area contributed by atoms with E-state index in [2.05, 4.69) is 26.2 Å². The first-order chi connectivity index (χ1) is 8.70. The van der Waals surface area contributed by atoms with Crippen molar-refractivity contribution in [3.63, 3.8) is 0 Å². The molecule has 1 heterocycles. The third kappa shape index (κ3) is 3.00. The fraction of sp³-hybridized carbons (Fsp3) is 0.154. The molecule has 3 N–H and O–H groups in total. The largest absolute Gasteiger partial charge is 0.397 e. The highest BCUT2D eigenvalue weighted by molar-refractivity contribution is 9.10. The maximum Gasteiger partial charge on any atom is 0.144 e. The van der Waals surface area contributed by atoms with E-state index in [4.69, 9.17) is 10.5 Å². The van der Waals surface area contributed by atoms with Gasteiger partial charge in [0.2, 0.25) is 0 Å². The van der Waals surface area contributed by atoms with Crippen molar-refractivity contribution < 1.29 is 4.74 Å². The summed E-state index contributed by atoms with van der Waals surface area (Å²) in [5, 5.41) is 3.26. The standard InChI is InChI=1S/C13H14BrN3O/c1-18-8-9-4-2-3-5-12(9)17-13-11(14)6-10(15)7-16-13/h2-7H,8,15H2,1H3,(H,16,17). The third-order valence-electron chi connectivity index (χ3n) is 2.43. The molecule has 0 atom stereocenters. The van der Waals surface area contributed by atoms with Crippen LogP contribution in [-0.2, 0) is 11.3 Å². The van der Waals surface area contributed by atoms with Gasteiger partial charge in [0.05, 0.1) is 23.0 Å². The van der Waals surface area contributed by atoms with Gasteiger partial charge in [0.25, 0.3) is 0 Å². The fourth-order valence-corrected chi connectivity index (χ4v) is 2.06. The Balaban J connectivity index is 2.28. The predicted octanol–water partition coefficient (Wildman–Crippen LogP) is 3.32. The second-order valence-corrected chi connectivity index (χ2v) is 4.67. The molecule has 0 saturated heterocycles. The number of anilines is 3. The van der Waals surface area contributed by atoms with Crippen LogP contribution in [-0.4, -0.2) is 12.1 Å². The minimum Gasteiger partial charge on any atom is -0.397 e. The fourth-order valence-electron chi connectivity index (χ4n) is 1.60. The van der Waals surface area contributed by atoms with Gasteiger partial charge in [0.1, 0.15) is 5.82 Å². The SMILES string of the molecule is COCc1ccccc1Nc1ncc(N)cc1Br. The van der Waals surface area contributed by atoms with Crippen LogP contribution in [0.3, 0.4) is 0 Å². The summed E-state index contributed by atoms with van der Waals surface area (Å²) < 4.78 is 5.99. The second kappa shape index (κ2) is 5.84. The molecule has 94 valence electrons. The number of para-hydroxylation sites is 1. The van der Waals surface area contributed by atoms with Crippen molar-refractivity contribution in [3.05, 3.63) is 46.6 Å². The maximum absolute atomic E-state index is 5.66. The van der Waals surface area contributed by atoms with Gasteiger partial charge in [0, 0.05) is 18.4 Å². The topological polar surface area (TPSA) is 60.2 Å². The van der Waals surface area contributed by atoms with Gasteiger partial charge in [-0.05, 0) is 28.1 Å². The van der Waals surface area contributed by atoms with Crippen LogP contribution in [0.2, 0.25) is 0 Å². The minimum atomic E-state index is 0.551. The molecular weight excluding hydrogens is 294 g/mol. The molecule has 0 amide bonds. The van der Waals surface area contributed by atoms with Crippen LogP contribution in [0.5, 0.6) is 0 Å². The van der Waals surface area contributed by atoms with Crippen LogP contribution in [0.4, 0.5) is 17.2 Å². The average Bonchev–Trinajstić information content (AvgIpc) is 2.35. The van der Waals surface area contributed by atoms with Crippen molar-refractivity contribution in [2.24, 2.45) is 0 Å². The average molecular weight is 308 g/mol. The number of hydrogen-bond donors (Lipinski definition) is 2. The summed E-state index contributed by atoms with van der Waals surface area (Å²) in [5.41, 5.74) is 8.33. The molecule has 1 aromatic carbocycles. The van der Waals surface area contributed by atoms with Gasteiger partial charge in [0.15, 0.2) is 0 Å². The molecule has 5 heteroatoms. The van der Waals surface area contributed by atoms with Gasteiger partial charge in [-0.2, -0.15) is 0 Å². The molecule has 0 aliphatic carbocycles. The van der Waals surface area contributed by atoms with Gasteiger partial charge in [-0.3, -0.25) is 0 Å². The summed E-state index contributed by atoms with van der Waals surface area (Å²) in [6.07, 6.45) is 1.62. The number of benzene rings is 1. The van der Waals surface area contributed by atoms with E-state index in [1.165, 1.54) is 0 Å². The van der Waals surface area contributed by atoms with E-state index in [9.17, 15) is 0 Å². The first kappa shape index (κ1) is 12.9. The van der Waals surface area contributed by atoms with E-state index in [0.29, 0.717) is 12.3 Å². The van der Waals surface area contributed by atoms with Crippen molar-refractivity contribution in [2.75, 3.05) is 18.2 Å². The van der Waals surface area contributed by atoms with Crippen molar-refractivity contribution in [2.45, 2.75) is 6.61 Å². The van der Waals surface area contributed by atoms with E-state index in [-0.39, 0.29) is 0 Å². The summed E-state index contributed by atoms with van der Waals surface area (Å²) in [6.45, 7) is 0.551. The zero-order valence-electron chi connectivity index (χ0n) is 9.98. The molecule has 0 unspecified atom stereocenters. The van der Waals surface area contributed by atoms with Crippen LogP contribution in [0.15, 0.2) is 41.0 Å². The summed E-state index contributed by atoms with van der Waals surface area (Å²) in [5.74, 6) is 0.729. The van der Waals surface area contributed by atoms with Crippen LogP contribution in [0.25, 0.3) is 0 Å². The molecule has 0 aliphatic heterocycles. The van der Waals surface area contributed by atoms with E-state index < -0.39 is 0 Å². The van der Waals surface area contributed by atoms with Crippen molar-refractivity contribution in [1.82, 2.24) is 4.98 Å². The Morgan fingerprint density at radius 2 is 2.17 bits per heavy atom. The lowest BCUT2D eigenvalue weighted by Gasteiger charge is -2.12. The van der Waals surface area contributed by atoms with Crippen molar-refractivity contribution in [1.29, 1.82) is 0 Å². The van der Waals surface area contributed by atoms with E-state index in [0.717, 1.165) is 21.5 Å². The number of methoxy groups -OCH3 is 1. The number of nitrogens with one attached hydrogen (secondary N) is 1. The number of nitrogens with two attached hydrogens (primary N) is 1. The number of aromatic nitrogens is 1. The smallest absolute Gasteiger partial charge is 0.144 e. The van der Waals surface area contributed by atoms with Crippen LogP contribution < -0.4 is 11.1 Å². The molecule has 2 aromatic rings. The molecule has 0 bridgehead atoms. The highest BCUT2D eigenvalue weighted by Crippen LogP contribution is 2.27. The van der Waals surface area contributed by atoms with Gasteiger partial charge in [-0.1, -0.05) is 18.2 Å². The third-order valence-corrected chi connectivity index (χ3v) is 3.04. The number of nitrogens with zero attached hydrogens (tertiary/aromatic N) is 1. The Morgan fingerprint density at radius 1 is 1.39 bits per heavy atom. The molecule has 4 nitrogen and oxygen atoms in total. The number of nitrogen functional groups attached to an aromatic ring is 1. The molecule has 18 heavy (non-hydrogen) atoms. The van der Waals surface area contributed by atoms with Crippen molar-refractivity contribution in [3.8, 4) is 0 Å². The van der Waals surface area contributed by atoms with Gasteiger partial charge >= 0.3 is 0 Å². The molecule has 0 fully saturated rings. The first-order valence-corrected chi connectivity index (χ1v) is 6.25. The van der Waals surface area contributed by atoms with Crippen molar-refractivity contribution >= 4 is 33.1 Å². The second-order valence-electron chi connectivity index (χ2n) is 3.81. The molecule has 0 radical (unpaired) electrons. The Kier molecular flexibility index (Phi) is 4.17. The number of rotatable bonds is 4. The summed E-state index contributed by atoms with van der Waals surface area (Å²) in [6, 6.07) is 9.75. The molecule has 2 rings (SSSR count). The molecule has 1 aromatic heterocycles. The number of halogens is 1. The van der Waals surface area contributed by atoms with Crippen LogP contribution in [0.1, 0.15) is 5.56 Å². The van der Waals surface area contributed by atoms with Gasteiger partial charge in [-0.25, -0.2) is 4.98 Å². The zero-order valence-corrected chi connectivity index (χ0v) is 11.6. The predicted molar refractivity (Wildman–Crippen MR) is 76.8 cm³/mol. The zero-order chi connectivity index (χ0) is 13.0. The van der Waals surface area contributed by atoms with E-state index in [1.54, 1.807) is 13.3 Å². The van der Waals surface area contributed by atoms with E-state index >= 15 is 0 Å². The lowest BCUT2D eigenvalue weighted by atomic mass is 10.2. The summed E-state index contributed by atoms with van der Waals surface area (Å²) >= 11 is 3.43. The van der Waals surface area contributed by atoms with Gasteiger partial charge < -0.3 is 15.8 Å². The molecule has 0 aliphatic rings. The first-order valence-electron chi connectivity index (χ1n) is 5.45. The molecule has 0 spiro atoms. The summed E-state index contributed by atoms with van der Waals surface area (Å²) in [7, 11) is 1.67. The number of ether oxygens (including phenoxy) is 1. The van der Waals surface area contributed by atoms with E-state index in [1.807, 2.05) is 30.3 Å². The normalized spacial score (nSPS) is 10.3. The highest BCUT2D eigenvalue weighted by atomic mass is 79.9.